The summed E-state index contributed by atoms with van der Waals surface area (Å²) in [6.45, 7) is 3.92. The number of nitrogen functional groups attached to an aromatic ring is 1. The first-order valence-electron chi connectivity index (χ1n) is 6.15. The summed E-state index contributed by atoms with van der Waals surface area (Å²) in [5.74, 6) is 2.25. The van der Waals surface area contributed by atoms with Crippen molar-refractivity contribution in [2.45, 2.75) is 13.0 Å². The molecule has 1 aromatic carbocycles. The molecule has 3 N–H and O–H groups in total. The first-order chi connectivity index (χ1) is 8.66. The Morgan fingerprint density at radius 3 is 2.83 bits per heavy atom. The van der Waals surface area contributed by atoms with Crippen molar-refractivity contribution in [2.24, 2.45) is 0 Å². The topological polar surface area (TPSA) is 58.4 Å². The zero-order chi connectivity index (χ0) is 13.0. The molecule has 0 aromatic heterocycles. The molecule has 1 amide bonds. The summed E-state index contributed by atoms with van der Waals surface area (Å²) < 4.78 is 0. The van der Waals surface area contributed by atoms with E-state index < -0.39 is 0 Å². The van der Waals surface area contributed by atoms with Gasteiger partial charge in [-0.25, -0.2) is 0 Å². The Balaban J connectivity index is 1.94. The van der Waals surface area contributed by atoms with Crippen molar-refractivity contribution in [3.63, 3.8) is 0 Å². The van der Waals surface area contributed by atoms with Gasteiger partial charge < -0.3 is 11.1 Å². The summed E-state index contributed by atoms with van der Waals surface area (Å²) in [5.41, 5.74) is 7.11. The fourth-order valence-corrected chi connectivity index (χ4v) is 2.93. The number of nitrogens with two attached hydrogens (primary N) is 1. The molecule has 18 heavy (non-hydrogen) atoms. The lowest BCUT2D eigenvalue weighted by molar-refractivity contribution is -0.120. The van der Waals surface area contributed by atoms with E-state index in [9.17, 15) is 4.79 Å². The summed E-state index contributed by atoms with van der Waals surface area (Å²) in [6, 6.07) is 7.19. The minimum atomic E-state index is -0.0904. The molecule has 0 bridgehead atoms. The lowest BCUT2D eigenvalue weighted by atomic mass is 10.2. The van der Waals surface area contributed by atoms with Crippen LogP contribution in [0.4, 0.5) is 11.4 Å². The Labute approximate surface area is 112 Å². The van der Waals surface area contributed by atoms with Crippen LogP contribution < -0.4 is 11.1 Å². The highest BCUT2D eigenvalue weighted by atomic mass is 32.2. The largest absolute Gasteiger partial charge is 0.399 e. The molecular formula is C13H19N3OS. The number of thioether (sulfide) groups is 1. The van der Waals surface area contributed by atoms with Crippen LogP contribution in [0.5, 0.6) is 0 Å². The van der Waals surface area contributed by atoms with Crippen LogP contribution in [0.1, 0.15) is 6.92 Å². The normalized spacial score (nSPS) is 18.3. The average molecular weight is 265 g/mol. The third-order valence-corrected chi connectivity index (χ3v) is 4.07. The van der Waals surface area contributed by atoms with Crippen LogP contribution in [0.15, 0.2) is 24.3 Å². The van der Waals surface area contributed by atoms with E-state index in [1.165, 1.54) is 0 Å². The number of amides is 1. The highest BCUT2D eigenvalue weighted by Crippen LogP contribution is 2.15. The number of carbonyl (C=O) groups is 1. The molecule has 0 radical (unpaired) electrons. The minimum Gasteiger partial charge on any atom is -0.399 e. The molecule has 1 unspecified atom stereocenters. The van der Waals surface area contributed by atoms with E-state index in [1.807, 2.05) is 30.8 Å². The van der Waals surface area contributed by atoms with E-state index in [-0.39, 0.29) is 11.9 Å². The molecule has 1 heterocycles. The van der Waals surface area contributed by atoms with Gasteiger partial charge in [-0.15, -0.1) is 0 Å². The number of nitrogens with one attached hydrogen (secondary N) is 1. The van der Waals surface area contributed by atoms with E-state index in [1.54, 1.807) is 12.1 Å². The van der Waals surface area contributed by atoms with E-state index in [2.05, 4.69) is 10.2 Å². The molecule has 98 valence electrons. The Bertz CT molecular complexity index is 418. The summed E-state index contributed by atoms with van der Waals surface area (Å²) in [4.78, 5) is 14.3. The molecule has 1 aromatic rings. The van der Waals surface area contributed by atoms with Gasteiger partial charge in [-0.1, -0.05) is 6.07 Å². The zero-order valence-electron chi connectivity index (χ0n) is 10.6. The maximum Gasteiger partial charge on any atom is 0.241 e. The lowest BCUT2D eigenvalue weighted by Crippen LogP contribution is -2.46. The number of rotatable bonds is 3. The fraction of sp³-hybridized carbons (Fsp3) is 0.462. The van der Waals surface area contributed by atoms with Crippen molar-refractivity contribution in [1.82, 2.24) is 4.90 Å². The molecular weight excluding hydrogens is 246 g/mol. The average Bonchev–Trinajstić information content (AvgIpc) is 2.39. The third-order valence-electron chi connectivity index (χ3n) is 3.13. The predicted octanol–water partition coefficient (Wildman–Crippen LogP) is 1.64. The van der Waals surface area contributed by atoms with Crippen LogP contribution in [0.25, 0.3) is 0 Å². The quantitative estimate of drug-likeness (QED) is 0.816. The van der Waals surface area contributed by atoms with E-state index in [4.69, 9.17) is 5.73 Å². The molecule has 5 heteroatoms. The SMILES string of the molecule is CC(C(=O)Nc1cccc(N)c1)N1CCSCC1. The second kappa shape index (κ2) is 6.11. The van der Waals surface area contributed by atoms with Crippen LogP contribution in [-0.4, -0.2) is 41.4 Å². The van der Waals surface area contributed by atoms with Gasteiger partial charge in [-0.2, -0.15) is 11.8 Å². The predicted molar refractivity (Wildman–Crippen MR) is 77.8 cm³/mol. The minimum absolute atomic E-state index is 0.0347. The highest BCUT2D eigenvalue weighted by Gasteiger charge is 2.22. The Morgan fingerprint density at radius 2 is 2.17 bits per heavy atom. The van der Waals surface area contributed by atoms with Crippen LogP contribution in [-0.2, 0) is 4.79 Å². The molecule has 1 aliphatic rings. The highest BCUT2D eigenvalue weighted by molar-refractivity contribution is 7.99. The molecule has 0 spiro atoms. The maximum absolute atomic E-state index is 12.1. The van der Waals surface area contributed by atoms with E-state index in [0.29, 0.717) is 5.69 Å². The molecule has 1 saturated heterocycles. The van der Waals surface area contributed by atoms with Gasteiger partial charge in [-0.3, -0.25) is 9.69 Å². The second-order valence-corrected chi connectivity index (χ2v) is 5.66. The van der Waals surface area contributed by atoms with Crippen molar-refractivity contribution in [1.29, 1.82) is 0 Å². The molecule has 4 nitrogen and oxygen atoms in total. The molecule has 0 aliphatic carbocycles. The van der Waals surface area contributed by atoms with Crippen molar-refractivity contribution < 1.29 is 4.79 Å². The molecule has 1 fully saturated rings. The van der Waals surface area contributed by atoms with E-state index in [0.717, 1.165) is 30.3 Å². The zero-order valence-corrected chi connectivity index (χ0v) is 11.4. The second-order valence-electron chi connectivity index (χ2n) is 4.44. The van der Waals surface area contributed by atoms with Crippen LogP contribution in [0.3, 0.4) is 0 Å². The van der Waals surface area contributed by atoms with Gasteiger partial charge >= 0.3 is 0 Å². The van der Waals surface area contributed by atoms with Crippen LogP contribution in [0, 0.1) is 0 Å². The molecule has 1 atom stereocenters. The first-order valence-corrected chi connectivity index (χ1v) is 7.30. The van der Waals surface area contributed by atoms with Crippen LogP contribution >= 0.6 is 11.8 Å². The van der Waals surface area contributed by atoms with Crippen molar-refractivity contribution >= 4 is 29.0 Å². The van der Waals surface area contributed by atoms with Gasteiger partial charge in [0.25, 0.3) is 0 Å². The standard InChI is InChI=1S/C13H19N3OS/c1-10(16-5-7-18-8-6-16)13(17)15-12-4-2-3-11(14)9-12/h2-4,9-10H,5-8,14H2,1H3,(H,15,17). The number of carbonyl (C=O) groups excluding carboxylic acids is 1. The van der Waals surface area contributed by atoms with Crippen molar-refractivity contribution in [2.75, 3.05) is 35.6 Å². The summed E-state index contributed by atoms with van der Waals surface area (Å²) >= 11 is 1.94. The fourth-order valence-electron chi connectivity index (χ4n) is 1.99. The van der Waals surface area contributed by atoms with Crippen molar-refractivity contribution in [3.8, 4) is 0 Å². The first kappa shape index (κ1) is 13.2. The van der Waals surface area contributed by atoms with Gasteiger partial charge in [0.1, 0.15) is 0 Å². The number of anilines is 2. The summed E-state index contributed by atoms with van der Waals surface area (Å²) in [6.07, 6.45) is 0. The van der Waals surface area contributed by atoms with Crippen molar-refractivity contribution in [3.05, 3.63) is 24.3 Å². The van der Waals surface area contributed by atoms with E-state index >= 15 is 0 Å². The number of nitrogens with zero attached hydrogens (tertiary/aromatic N) is 1. The third kappa shape index (κ3) is 3.40. The monoisotopic (exact) mass is 265 g/mol. The van der Waals surface area contributed by atoms with Gasteiger partial charge in [0.15, 0.2) is 0 Å². The van der Waals surface area contributed by atoms with Gasteiger partial charge in [0.05, 0.1) is 6.04 Å². The Kier molecular flexibility index (Phi) is 4.49. The summed E-state index contributed by atoms with van der Waals surface area (Å²) in [7, 11) is 0. The molecule has 0 saturated carbocycles. The number of hydrogen-bond donors (Lipinski definition) is 2. The number of benzene rings is 1. The summed E-state index contributed by atoms with van der Waals surface area (Å²) in [5, 5.41) is 2.91. The lowest BCUT2D eigenvalue weighted by Gasteiger charge is -2.31. The van der Waals surface area contributed by atoms with Gasteiger partial charge in [0.2, 0.25) is 5.91 Å². The maximum atomic E-state index is 12.1. The van der Waals surface area contributed by atoms with Gasteiger partial charge in [-0.05, 0) is 25.1 Å². The Morgan fingerprint density at radius 1 is 1.44 bits per heavy atom. The smallest absolute Gasteiger partial charge is 0.241 e. The molecule has 1 aliphatic heterocycles. The van der Waals surface area contributed by atoms with Gasteiger partial charge in [0, 0.05) is 36.0 Å². The number of hydrogen-bond acceptors (Lipinski definition) is 4. The Hall–Kier alpha value is -1.20. The molecule has 2 rings (SSSR count). The van der Waals surface area contributed by atoms with Crippen LogP contribution in [0.2, 0.25) is 0 Å².